The van der Waals surface area contributed by atoms with E-state index in [1.54, 1.807) is 43.5 Å². The third-order valence-electron chi connectivity index (χ3n) is 2.67. The molecule has 1 aromatic heterocycles. The fourth-order valence-corrected chi connectivity index (χ4v) is 1.74. The van der Waals surface area contributed by atoms with E-state index >= 15 is 0 Å². The van der Waals surface area contributed by atoms with E-state index in [2.05, 4.69) is 5.32 Å². The second kappa shape index (κ2) is 6.34. The molecule has 0 aliphatic rings. The maximum Gasteiger partial charge on any atom is 0.261 e. The number of benzene rings is 1. The number of furan rings is 1. The van der Waals surface area contributed by atoms with Gasteiger partial charge in [0.15, 0.2) is 6.10 Å². The lowest BCUT2D eigenvalue weighted by atomic mass is 10.3. The highest BCUT2D eigenvalue weighted by Crippen LogP contribution is 2.24. The van der Waals surface area contributed by atoms with E-state index in [1.165, 1.54) is 0 Å². The van der Waals surface area contributed by atoms with Crippen molar-refractivity contribution in [3.05, 3.63) is 47.4 Å². The molecule has 1 amide bonds. The largest absolute Gasteiger partial charge is 0.481 e. The maximum atomic E-state index is 11.9. The molecule has 0 bridgehead atoms. The number of nitrogens with one attached hydrogen (secondary N) is 1. The van der Waals surface area contributed by atoms with Crippen molar-refractivity contribution in [2.45, 2.75) is 19.6 Å². The Hall–Kier alpha value is -2.14. The number of anilines is 1. The van der Waals surface area contributed by atoms with Gasteiger partial charge in [-0.05, 0) is 31.2 Å². The molecule has 1 heterocycles. The number of carbonyl (C=O) groups excluding carboxylic acids is 1. The molecule has 20 heavy (non-hydrogen) atoms. The molecule has 0 aliphatic heterocycles. The van der Waals surface area contributed by atoms with Crippen molar-refractivity contribution in [3.8, 4) is 5.75 Å². The average Bonchev–Trinajstić information content (AvgIpc) is 2.93. The Kier molecular flexibility index (Phi) is 4.53. The molecule has 0 aliphatic carbocycles. The zero-order valence-corrected chi connectivity index (χ0v) is 11.7. The van der Waals surface area contributed by atoms with E-state index in [9.17, 15) is 4.79 Å². The van der Waals surface area contributed by atoms with Gasteiger partial charge in [0.2, 0.25) is 0 Å². The van der Waals surface area contributed by atoms with Crippen LogP contribution in [-0.2, 0) is 11.3 Å². The highest BCUT2D eigenvalue weighted by atomic mass is 35.5. The monoisotopic (exact) mass is 294 g/mol. The second-order valence-corrected chi connectivity index (χ2v) is 4.65. The van der Waals surface area contributed by atoms with Crippen LogP contribution in [0, 0.1) is 0 Å². The van der Waals surface area contributed by atoms with Crippen LogP contribution in [-0.4, -0.2) is 12.0 Å². The van der Waals surface area contributed by atoms with E-state index in [1.807, 2.05) is 0 Å². The van der Waals surface area contributed by atoms with Gasteiger partial charge in [-0.1, -0.05) is 11.6 Å². The number of nitrogen functional groups attached to an aromatic ring is 1. The zero-order valence-electron chi connectivity index (χ0n) is 10.9. The van der Waals surface area contributed by atoms with Gasteiger partial charge in [-0.2, -0.15) is 0 Å². The summed E-state index contributed by atoms with van der Waals surface area (Å²) in [4.78, 5) is 11.9. The van der Waals surface area contributed by atoms with Crippen molar-refractivity contribution in [3.63, 3.8) is 0 Å². The summed E-state index contributed by atoms with van der Waals surface area (Å²) in [5.74, 6) is 0.931. The van der Waals surface area contributed by atoms with Gasteiger partial charge in [-0.25, -0.2) is 0 Å². The Morgan fingerprint density at radius 1 is 1.50 bits per heavy atom. The number of nitrogens with two attached hydrogens (primary N) is 1. The van der Waals surface area contributed by atoms with Crippen molar-refractivity contribution < 1.29 is 13.9 Å². The fraction of sp³-hybridized carbons (Fsp3) is 0.214. The van der Waals surface area contributed by atoms with E-state index in [0.717, 1.165) is 0 Å². The SMILES string of the molecule is CC(Oc1ccc(N)c(Cl)c1)C(=O)NCc1ccco1. The van der Waals surface area contributed by atoms with Gasteiger partial charge in [0, 0.05) is 6.07 Å². The van der Waals surface area contributed by atoms with Gasteiger partial charge in [-0.3, -0.25) is 4.79 Å². The van der Waals surface area contributed by atoms with E-state index in [0.29, 0.717) is 28.8 Å². The first-order valence-electron chi connectivity index (χ1n) is 6.08. The van der Waals surface area contributed by atoms with Crippen molar-refractivity contribution >= 4 is 23.2 Å². The van der Waals surface area contributed by atoms with Gasteiger partial charge in [-0.15, -0.1) is 0 Å². The van der Waals surface area contributed by atoms with Crippen LogP contribution < -0.4 is 15.8 Å². The minimum Gasteiger partial charge on any atom is -0.481 e. The van der Waals surface area contributed by atoms with Gasteiger partial charge in [0.25, 0.3) is 5.91 Å². The first-order valence-corrected chi connectivity index (χ1v) is 6.46. The lowest BCUT2D eigenvalue weighted by Gasteiger charge is -2.14. The summed E-state index contributed by atoms with van der Waals surface area (Å²) in [5, 5.41) is 3.11. The van der Waals surface area contributed by atoms with Gasteiger partial charge in [0.05, 0.1) is 23.5 Å². The molecule has 0 fully saturated rings. The van der Waals surface area contributed by atoms with Crippen LogP contribution in [0.3, 0.4) is 0 Å². The molecule has 1 atom stereocenters. The van der Waals surface area contributed by atoms with Crippen molar-refractivity contribution in [2.75, 3.05) is 5.73 Å². The Morgan fingerprint density at radius 2 is 2.30 bits per heavy atom. The fourth-order valence-electron chi connectivity index (χ4n) is 1.57. The Bertz CT molecular complexity index is 584. The quantitative estimate of drug-likeness (QED) is 0.831. The van der Waals surface area contributed by atoms with Crippen LogP contribution in [0.5, 0.6) is 5.75 Å². The van der Waals surface area contributed by atoms with Crippen LogP contribution in [0.2, 0.25) is 5.02 Å². The third kappa shape index (κ3) is 3.68. The van der Waals surface area contributed by atoms with Crippen LogP contribution in [0.4, 0.5) is 5.69 Å². The Labute approximate surface area is 121 Å². The lowest BCUT2D eigenvalue weighted by molar-refractivity contribution is -0.127. The lowest BCUT2D eigenvalue weighted by Crippen LogP contribution is -2.35. The number of halogens is 1. The third-order valence-corrected chi connectivity index (χ3v) is 3.00. The van der Waals surface area contributed by atoms with E-state index in [4.69, 9.17) is 26.5 Å². The average molecular weight is 295 g/mol. The van der Waals surface area contributed by atoms with Crippen molar-refractivity contribution in [1.82, 2.24) is 5.32 Å². The number of rotatable bonds is 5. The first kappa shape index (κ1) is 14.3. The molecule has 0 saturated heterocycles. The topological polar surface area (TPSA) is 77.5 Å². The molecular weight excluding hydrogens is 280 g/mol. The Balaban J connectivity index is 1.88. The summed E-state index contributed by atoms with van der Waals surface area (Å²) in [5.41, 5.74) is 6.07. The summed E-state index contributed by atoms with van der Waals surface area (Å²) in [6.45, 7) is 1.98. The maximum absolute atomic E-state index is 11.9. The predicted molar refractivity (Wildman–Crippen MR) is 76.5 cm³/mol. The second-order valence-electron chi connectivity index (χ2n) is 4.24. The molecule has 0 spiro atoms. The van der Waals surface area contributed by atoms with Crippen LogP contribution >= 0.6 is 11.6 Å². The summed E-state index contributed by atoms with van der Waals surface area (Å²) < 4.78 is 10.6. The number of hydrogen-bond donors (Lipinski definition) is 2. The van der Waals surface area contributed by atoms with Gasteiger partial charge >= 0.3 is 0 Å². The molecule has 2 rings (SSSR count). The van der Waals surface area contributed by atoms with Crippen LogP contribution in [0.1, 0.15) is 12.7 Å². The highest BCUT2D eigenvalue weighted by molar-refractivity contribution is 6.33. The summed E-state index contributed by atoms with van der Waals surface area (Å²) in [7, 11) is 0. The number of hydrogen-bond acceptors (Lipinski definition) is 4. The molecule has 1 aromatic carbocycles. The molecule has 6 heteroatoms. The summed E-state index contributed by atoms with van der Waals surface area (Å²) in [6, 6.07) is 8.42. The van der Waals surface area contributed by atoms with Gasteiger partial charge in [0.1, 0.15) is 11.5 Å². The molecule has 0 saturated carbocycles. The molecule has 2 aromatic rings. The summed E-state index contributed by atoms with van der Waals surface area (Å²) in [6.07, 6.45) is 0.905. The predicted octanol–water partition coefficient (Wildman–Crippen LogP) is 2.60. The van der Waals surface area contributed by atoms with Crippen LogP contribution in [0.15, 0.2) is 41.0 Å². The Morgan fingerprint density at radius 3 is 2.95 bits per heavy atom. The number of ether oxygens (including phenoxy) is 1. The summed E-state index contributed by atoms with van der Waals surface area (Å²) >= 11 is 5.89. The number of amides is 1. The van der Waals surface area contributed by atoms with Crippen molar-refractivity contribution in [1.29, 1.82) is 0 Å². The number of carbonyl (C=O) groups is 1. The molecular formula is C14H15ClN2O3. The smallest absolute Gasteiger partial charge is 0.261 e. The van der Waals surface area contributed by atoms with E-state index in [-0.39, 0.29) is 5.91 Å². The van der Waals surface area contributed by atoms with Crippen molar-refractivity contribution in [2.24, 2.45) is 0 Å². The van der Waals surface area contributed by atoms with Gasteiger partial charge < -0.3 is 20.2 Å². The molecule has 1 unspecified atom stereocenters. The standard InChI is InChI=1S/C14H15ClN2O3/c1-9(14(18)17-8-11-3-2-6-19-11)20-10-4-5-13(16)12(15)7-10/h2-7,9H,8,16H2,1H3,(H,17,18). The first-order chi connectivity index (χ1) is 9.56. The van der Waals surface area contributed by atoms with E-state index < -0.39 is 6.10 Å². The molecule has 5 nitrogen and oxygen atoms in total. The normalized spacial score (nSPS) is 11.9. The molecule has 3 N–H and O–H groups in total. The zero-order chi connectivity index (χ0) is 14.5. The highest BCUT2D eigenvalue weighted by Gasteiger charge is 2.15. The minimum atomic E-state index is -0.648. The molecule has 106 valence electrons. The van der Waals surface area contributed by atoms with Crippen LogP contribution in [0.25, 0.3) is 0 Å². The minimum absolute atomic E-state index is 0.241. The molecule has 0 radical (unpaired) electrons.